The van der Waals surface area contributed by atoms with Crippen LogP contribution in [0.15, 0.2) is 41.8 Å². The molecular formula is C13H9ClOS. The molecule has 1 unspecified atom stereocenters. The zero-order chi connectivity index (χ0) is 11.4. The van der Waals surface area contributed by atoms with Gasteiger partial charge in [0.15, 0.2) is 6.10 Å². The van der Waals surface area contributed by atoms with E-state index >= 15 is 0 Å². The maximum absolute atomic E-state index is 5.79. The van der Waals surface area contributed by atoms with E-state index in [0.717, 1.165) is 10.6 Å². The molecule has 1 heterocycles. The van der Waals surface area contributed by atoms with Crippen LogP contribution in [0.1, 0.15) is 11.0 Å². The van der Waals surface area contributed by atoms with Gasteiger partial charge in [0.05, 0.1) is 4.88 Å². The van der Waals surface area contributed by atoms with E-state index in [1.165, 1.54) is 0 Å². The smallest absolute Gasteiger partial charge is 0.193 e. The third-order valence-corrected chi connectivity index (χ3v) is 3.19. The summed E-state index contributed by atoms with van der Waals surface area (Å²) >= 11 is 7.37. The van der Waals surface area contributed by atoms with E-state index in [0.29, 0.717) is 5.02 Å². The minimum atomic E-state index is -0.332. The molecule has 0 fully saturated rings. The number of ether oxygens (including phenoxy) is 1. The van der Waals surface area contributed by atoms with Gasteiger partial charge in [-0.1, -0.05) is 23.6 Å². The van der Waals surface area contributed by atoms with Gasteiger partial charge in [-0.25, -0.2) is 0 Å². The minimum absolute atomic E-state index is 0.332. The van der Waals surface area contributed by atoms with Crippen LogP contribution in [0.4, 0.5) is 0 Å². The maximum Gasteiger partial charge on any atom is 0.193 e. The van der Waals surface area contributed by atoms with Gasteiger partial charge in [0.1, 0.15) is 5.75 Å². The van der Waals surface area contributed by atoms with Gasteiger partial charge in [0.25, 0.3) is 0 Å². The second-order valence-electron chi connectivity index (χ2n) is 3.13. The summed E-state index contributed by atoms with van der Waals surface area (Å²) in [5, 5.41) is 2.66. The summed E-state index contributed by atoms with van der Waals surface area (Å²) in [6.45, 7) is 0. The molecule has 1 atom stereocenters. The fourth-order valence-corrected chi connectivity index (χ4v) is 2.10. The summed E-state index contributed by atoms with van der Waals surface area (Å²) in [7, 11) is 0. The first-order valence-corrected chi connectivity index (χ1v) is 5.97. The van der Waals surface area contributed by atoms with E-state index in [1.807, 2.05) is 17.5 Å². The molecule has 0 radical (unpaired) electrons. The Hall–Kier alpha value is -1.43. The first-order valence-electron chi connectivity index (χ1n) is 4.71. The Bertz CT molecular complexity index is 482. The lowest BCUT2D eigenvalue weighted by molar-refractivity contribution is 0.269. The van der Waals surface area contributed by atoms with Gasteiger partial charge >= 0.3 is 0 Å². The summed E-state index contributed by atoms with van der Waals surface area (Å²) in [6, 6.07) is 11.1. The summed E-state index contributed by atoms with van der Waals surface area (Å²) in [5.41, 5.74) is 0. The highest BCUT2D eigenvalue weighted by molar-refractivity contribution is 7.10. The summed E-state index contributed by atoms with van der Waals surface area (Å²) in [4.78, 5) is 1.03. The fourth-order valence-electron chi connectivity index (χ4n) is 1.26. The van der Waals surface area contributed by atoms with Crippen LogP contribution in [0.2, 0.25) is 5.02 Å². The number of hydrogen-bond donors (Lipinski definition) is 0. The highest BCUT2D eigenvalue weighted by Crippen LogP contribution is 2.25. The summed E-state index contributed by atoms with van der Waals surface area (Å²) in [6.07, 6.45) is 5.12. The lowest BCUT2D eigenvalue weighted by Gasteiger charge is -2.11. The Labute approximate surface area is 104 Å². The number of hydrogen-bond acceptors (Lipinski definition) is 2. The molecule has 0 aliphatic rings. The van der Waals surface area contributed by atoms with Gasteiger partial charge in [0, 0.05) is 5.02 Å². The first-order chi connectivity index (χ1) is 7.79. The molecule has 1 aromatic heterocycles. The van der Waals surface area contributed by atoms with Gasteiger partial charge in [-0.15, -0.1) is 17.8 Å². The molecule has 16 heavy (non-hydrogen) atoms. The SMILES string of the molecule is C#CC(Oc1ccc(Cl)cc1)c1cccs1. The molecule has 0 aliphatic heterocycles. The van der Waals surface area contributed by atoms with Crippen molar-refractivity contribution in [2.24, 2.45) is 0 Å². The molecule has 80 valence electrons. The number of benzene rings is 1. The number of terminal acetylenes is 1. The van der Waals surface area contributed by atoms with E-state index in [2.05, 4.69) is 5.92 Å². The second kappa shape index (κ2) is 5.07. The van der Waals surface area contributed by atoms with Crippen LogP contribution in [0.3, 0.4) is 0 Å². The van der Waals surface area contributed by atoms with Crippen LogP contribution in [-0.4, -0.2) is 0 Å². The van der Waals surface area contributed by atoms with E-state index in [1.54, 1.807) is 35.6 Å². The maximum atomic E-state index is 5.79. The first kappa shape index (κ1) is 11.1. The van der Waals surface area contributed by atoms with E-state index < -0.39 is 0 Å². The molecule has 1 aromatic carbocycles. The molecule has 0 amide bonds. The van der Waals surface area contributed by atoms with Gasteiger partial charge in [-0.2, -0.15) is 0 Å². The molecule has 0 saturated heterocycles. The van der Waals surface area contributed by atoms with Crippen LogP contribution >= 0.6 is 22.9 Å². The lowest BCUT2D eigenvalue weighted by atomic mass is 10.3. The van der Waals surface area contributed by atoms with Crippen molar-refractivity contribution >= 4 is 22.9 Å². The second-order valence-corrected chi connectivity index (χ2v) is 4.55. The molecule has 2 rings (SSSR count). The summed E-state index contributed by atoms with van der Waals surface area (Å²) < 4.78 is 5.68. The van der Waals surface area contributed by atoms with Crippen molar-refractivity contribution < 1.29 is 4.74 Å². The van der Waals surface area contributed by atoms with Crippen molar-refractivity contribution in [3.8, 4) is 18.1 Å². The third kappa shape index (κ3) is 2.57. The van der Waals surface area contributed by atoms with Crippen LogP contribution in [0, 0.1) is 12.3 Å². The average molecular weight is 249 g/mol. The molecule has 0 aliphatic carbocycles. The Morgan fingerprint density at radius 2 is 2.00 bits per heavy atom. The number of thiophene rings is 1. The predicted molar refractivity (Wildman–Crippen MR) is 68.0 cm³/mol. The van der Waals surface area contributed by atoms with Gasteiger partial charge in [-0.05, 0) is 35.7 Å². The van der Waals surface area contributed by atoms with Gasteiger partial charge in [0.2, 0.25) is 0 Å². The quantitative estimate of drug-likeness (QED) is 0.742. The van der Waals surface area contributed by atoms with Crippen molar-refractivity contribution in [2.45, 2.75) is 6.10 Å². The average Bonchev–Trinajstić information content (AvgIpc) is 2.82. The molecule has 3 heteroatoms. The Kier molecular flexibility index (Phi) is 3.51. The van der Waals surface area contributed by atoms with Gasteiger partial charge < -0.3 is 4.74 Å². The monoisotopic (exact) mass is 248 g/mol. The van der Waals surface area contributed by atoms with Crippen molar-refractivity contribution in [1.29, 1.82) is 0 Å². The number of rotatable bonds is 3. The van der Waals surface area contributed by atoms with Crippen molar-refractivity contribution in [2.75, 3.05) is 0 Å². The molecule has 0 saturated carbocycles. The topological polar surface area (TPSA) is 9.23 Å². The van der Waals surface area contributed by atoms with E-state index in [4.69, 9.17) is 22.8 Å². The molecule has 0 bridgehead atoms. The van der Waals surface area contributed by atoms with E-state index in [-0.39, 0.29) is 6.10 Å². The third-order valence-electron chi connectivity index (χ3n) is 2.02. The van der Waals surface area contributed by atoms with Gasteiger partial charge in [-0.3, -0.25) is 0 Å². The Balaban J connectivity index is 2.14. The van der Waals surface area contributed by atoms with Crippen LogP contribution in [-0.2, 0) is 0 Å². The molecule has 1 nitrogen and oxygen atoms in total. The standard InChI is InChI=1S/C13H9ClOS/c1-2-12(13-4-3-9-16-13)15-11-7-5-10(14)6-8-11/h1,3-9,12H. The fraction of sp³-hybridized carbons (Fsp3) is 0.0769. The largest absolute Gasteiger partial charge is 0.472 e. The Morgan fingerprint density at radius 1 is 1.25 bits per heavy atom. The van der Waals surface area contributed by atoms with Crippen LogP contribution in [0.25, 0.3) is 0 Å². The van der Waals surface area contributed by atoms with Crippen LogP contribution < -0.4 is 4.74 Å². The zero-order valence-electron chi connectivity index (χ0n) is 8.39. The van der Waals surface area contributed by atoms with Crippen molar-refractivity contribution in [1.82, 2.24) is 0 Å². The lowest BCUT2D eigenvalue weighted by Crippen LogP contribution is -2.02. The molecule has 2 aromatic rings. The Morgan fingerprint density at radius 3 is 2.56 bits per heavy atom. The molecule has 0 N–H and O–H groups in total. The normalized spacial score (nSPS) is 11.8. The highest BCUT2D eigenvalue weighted by atomic mass is 35.5. The minimum Gasteiger partial charge on any atom is -0.472 e. The zero-order valence-corrected chi connectivity index (χ0v) is 9.96. The number of halogens is 1. The van der Waals surface area contributed by atoms with Crippen molar-refractivity contribution in [3.63, 3.8) is 0 Å². The summed E-state index contributed by atoms with van der Waals surface area (Å²) in [5.74, 6) is 3.35. The van der Waals surface area contributed by atoms with Crippen LogP contribution in [0.5, 0.6) is 5.75 Å². The van der Waals surface area contributed by atoms with Crippen molar-refractivity contribution in [3.05, 3.63) is 51.7 Å². The molecular weight excluding hydrogens is 240 g/mol. The van der Waals surface area contributed by atoms with E-state index in [9.17, 15) is 0 Å². The highest BCUT2D eigenvalue weighted by Gasteiger charge is 2.10. The molecule has 0 spiro atoms. The predicted octanol–water partition coefficient (Wildman–Crippen LogP) is 4.15.